The van der Waals surface area contributed by atoms with Crippen molar-refractivity contribution >= 4 is 45.7 Å². The summed E-state index contributed by atoms with van der Waals surface area (Å²) in [6.45, 7) is 8.46. The Hall–Kier alpha value is -0.580. The van der Waals surface area contributed by atoms with Crippen molar-refractivity contribution in [3.05, 3.63) is 0 Å². The van der Waals surface area contributed by atoms with E-state index in [9.17, 15) is 13.2 Å². The first-order valence-electron chi connectivity index (χ1n) is 8.60. The number of carbonyl (C=O) groups is 1. The van der Waals surface area contributed by atoms with Crippen LogP contribution in [0.25, 0.3) is 0 Å². The quantitative estimate of drug-likeness (QED) is 0.186. The van der Waals surface area contributed by atoms with Gasteiger partial charge in [0.1, 0.15) is 9.84 Å². The van der Waals surface area contributed by atoms with Gasteiger partial charge >= 0.3 is 0 Å². The third-order valence-corrected chi connectivity index (χ3v) is 4.77. The fourth-order valence-electron chi connectivity index (χ4n) is 2.03. The molecule has 25 heavy (non-hydrogen) atoms. The Bertz CT molecular complexity index is 546. The van der Waals surface area contributed by atoms with E-state index in [-0.39, 0.29) is 47.0 Å². The molecule has 0 unspecified atom stereocenters. The number of carbonyl (C=O) groups excluding carboxylic acids is 1. The lowest BCUT2D eigenvalue weighted by Gasteiger charge is -2.22. The summed E-state index contributed by atoms with van der Waals surface area (Å²) < 4.78 is 22.6. The maximum absolute atomic E-state index is 11.6. The maximum Gasteiger partial charge on any atom is 0.223 e. The highest BCUT2D eigenvalue weighted by atomic mass is 127. The molecule has 1 aliphatic rings. The zero-order valence-electron chi connectivity index (χ0n) is 15.7. The van der Waals surface area contributed by atoms with Crippen LogP contribution < -0.4 is 16.0 Å². The van der Waals surface area contributed by atoms with Gasteiger partial charge in [-0.1, -0.05) is 13.8 Å². The predicted octanol–water partition coefficient (Wildman–Crippen LogP) is 1.15. The molecule has 0 radical (unpaired) electrons. The number of hydrogen-bond acceptors (Lipinski definition) is 4. The molecule has 0 aliphatic heterocycles. The van der Waals surface area contributed by atoms with Crippen molar-refractivity contribution in [1.29, 1.82) is 0 Å². The molecule has 0 bridgehead atoms. The van der Waals surface area contributed by atoms with Crippen LogP contribution in [0, 0.1) is 11.3 Å². The molecular formula is C16H33IN4O3S. The van der Waals surface area contributed by atoms with E-state index < -0.39 is 9.84 Å². The number of hydrogen-bond donors (Lipinski definition) is 3. The molecule has 0 aromatic rings. The smallest absolute Gasteiger partial charge is 0.223 e. The van der Waals surface area contributed by atoms with Gasteiger partial charge in [0, 0.05) is 38.4 Å². The monoisotopic (exact) mass is 488 g/mol. The van der Waals surface area contributed by atoms with Crippen LogP contribution in [0.3, 0.4) is 0 Å². The van der Waals surface area contributed by atoms with E-state index in [2.05, 4.69) is 20.9 Å². The van der Waals surface area contributed by atoms with Crippen LogP contribution >= 0.6 is 24.0 Å². The highest BCUT2D eigenvalue weighted by molar-refractivity contribution is 14.0. The summed E-state index contributed by atoms with van der Waals surface area (Å²) in [5.41, 5.74) is -0.189. The van der Waals surface area contributed by atoms with Gasteiger partial charge in [-0.2, -0.15) is 0 Å². The van der Waals surface area contributed by atoms with Crippen LogP contribution in [0.2, 0.25) is 0 Å². The van der Waals surface area contributed by atoms with Gasteiger partial charge in [0.15, 0.2) is 5.96 Å². The zero-order valence-corrected chi connectivity index (χ0v) is 18.9. The molecule has 0 saturated heterocycles. The molecule has 1 saturated carbocycles. The second kappa shape index (κ2) is 11.2. The van der Waals surface area contributed by atoms with Gasteiger partial charge in [-0.25, -0.2) is 8.42 Å². The summed E-state index contributed by atoms with van der Waals surface area (Å²) in [7, 11) is -2.95. The number of rotatable bonds is 10. The van der Waals surface area contributed by atoms with Crippen molar-refractivity contribution in [1.82, 2.24) is 16.0 Å². The summed E-state index contributed by atoms with van der Waals surface area (Å²) in [5, 5.41) is 9.25. The fraction of sp³-hybridized carbons (Fsp3) is 0.875. The molecule has 0 aromatic carbocycles. The van der Waals surface area contributed by atoms with E-state index in [0.29, 0.717) is 32.0 Å². The largest absolute Gasteiger partial charge is 0.357 e. The topological polar surface area (TPSA) is 99.7 Å². The van der Waals surface area contributed by atoms with E-state index in [1.807, 2.05) is 20.8 Å². The van der Waals surface area contributed by atoms with Gasteiger partial charge in [0.05, 0.1) is 5.75 Å². The summed E-state index contributed by atoms with van der Waals surface area (Å²) in [4.78, 5) is 16.1. The Kier molecular flexibility index (Phi) is 10.9. The van der Waals surface area contributed by atoms with Crippen molar-refractivity contribution in [3.8, 4) is 0 Å². The number of nitrogens with zero attached hydrogens (tertiary/aromatic N) is 1. The number of amides is 1. The highest BCUT2D eigenvalue weighted by Gasteiger charge is 2.29. The molecule has 1 fully saturated rings. The Morgan fingerprint density at radius 3 is 2.28 bits per heavy atom. The van der Waals surface area contributed by atoms with Crippen molar-refractivity contribution in [2.24, 2.45) is 16.3 Å². The van der Waals surface area contributed by atoms with Crippen molar-refractivity contribution in [2.75, 3.05) is 38.2 Å². The van der Waals surface area contributed by atoms with Crippen LogP contribution in [0.5, 0.6) is 0 Å². The van der Waals surface area contributed by atoms with E-state index in [4.69, 9.17) is 0 Å². The van der Waals surface area contributed by atoms with Crippen molar-refractivity contribution in [2.45, 2.75) is 40.0 Å². The lowest BCUT2D eigenvalue weighted by atomic mass is 9.90. The van der Waals surface area contributed by atoms with Crippen LogP contribution in [-0.4, -0.2) is 58.5 Å². The number of aliphatic imine (C=N–C) groups is 1. The van der Waals surface area contributed by atoms with E-state index >= 15 is 0 Å². The molecule has 7 nitrogen and oxygen atoms in total. The number of nitrogens with one attached hydrogen (secondary N) is 3. The van der Waals surface area contributed by atoms with Crippen molar-refractivity contribution in [3.63, 3.8) is 0 Å². The van der Waals surface area contributed by atoms with Crippen LogP contribution in [0.4, 0.5) is 0 Å². The van der Waals surface area contributed by atoms with Gasteiger partial charge < -0.3 is 16.0 Å². The molecule has 0 atom stereocenters. The first-order valence-corrected chi connectivity index (χ1v) is 10.7. The average Bonchev–Trinajstić information content (AvgIpc) is 3.31. The average molecular weight is 488 g/mol. The third-order valence-electron chi connectivity index (χ3n) is 3.82. The molecule has 0 heterocycles. The minimum atomic E-state index is -2.95. The number of halogens is 1. The Balaban J connectivity index is 0.00000576. The van der Waals surface area contributed by atoms with Gasteiger partial charge in [-0.3, -0.25) is 9.79 Å². The van der Waals surface area contributed by atoms with Gasteiger partial charge in [-0.05, 0) is 31.6 Å². The SMILES string of the molecule is CCNC(=NCC(C)(C)CCS(C)(=O)=O)NCCNC(=O)C1CC1.I. The maximum atomic E-state index is 11.6. The second-order valence-electron chi connectivity index (χ2n) is 7.23. The molecule has 1 amide bonds. The molecule has 3 N–H and O–H groups in total. The normalized spacial score (nSPS) is 15.3. The second-order valence-corrected chi connectivity index (χ2v) is 9.49. The first-order chi connectivity index (χ1) is 11.1. The van der Waals surface area contributed by atoms with E-state index in [1.54, 1.807) is 0 Å². The predicted molar refractivity (Wildman–Crippen MR) is 113 cm³/mol. The minimum absolute atomic E-state index is 0. The molecule has 0 aromatic heterocycles. The molecule has 9 heteroatoms. The number of sulfone groups is 1. The Morgan fingerprint density at radius 1 is 1.16 bits per heavy atom. The number of guanidine groups is 1. The lowest BCUT2D eigenvalue weighted by molar-refractivity contribution is -0.122. The Morgan fingerprint density at radius 2 is 1.76 bits per heavy atom. The molecular weight excluding hydrogens is 455 g/mol. The van der Waals surface area contributed by atoms with Crippen molar-refractivity contribution < 1.29 is 13.2 Å². The summed E-state index contributed by atoms with van der Waals surface area (Å²) >= 11 is 0. The molecule has 1 aliphatic carbocycles. The fourth-order valence-corrected chi connectivity index (χ4v) is 2.96. The lowest BCUT2D eigenvalue weighted by Crippen LogP contribution is -2.42. The van der Waals surface area contributed by atoms with Crippen LogP contribution in [0.1, 0.15) is 40.0 Å². The summed E-state index contributed by atoms with van der Waals surface area (Å²) in [6, 6.07) is 0. The van der Waals surface area contributed by atoms with Crippen LogP contribution in [-0.2, 0) is 14.6 Å². The minimum Gasteiger partial charge on any atom is -0.357 e. The van der Waals surface area contributed by atoms with Crippen LogP contribution in [0.15, 0.2) is 4.99 Å². The van der Waals surface area contributed by atoms with E-state index in [0.717, 1.165) is 19.4 Å². The Labute approximate surface area is 169 Å². The summed E-state index contributed by atoms with van der Waals surface area (Å²) in [6.07, 6.45) is 3.85. The third kappa shape index (κ3) is 12.4. The molecule has 0 spiro atoms. The van der Waals surface area contributed by atoms with Gasteiger partial charge in [-0.15, -0.1) is 24.0 Å². The standard InChI is InChI=1S/C16H32N4O3S.HI/c1-5-17-15(19-10-9-18-14(21)13-6-7-13)20-12-16(2,3)8-11-24(4,22)23;/h13H,5-12H2,1-4H3,(H,18,21)(H2,17,19,20);1H. The first kappa shape index (κ1) is 24.4. The van der Waals surface area contributed by atoms with Gasteiger partial charge in [0.2, 0.25) is 5.91 Å². The van der Waals surface area contributed by atoms with Gasteiger partial charge in [0.25, 0.3) is 0 Å². The molecule has 1 rings (SSSR count). The summed E-state index contributed by atoms with van der Waals surface area (Å²) in [5.74, 6) is 1.22. The zero-order chi connectivity index (χ0) is 18.2. The molecule has 148 valence electrons. The van der Waals surface area contributed by atoms with E-state index in [1.165, 1.54) is 6.26 Å². The highest BCUT2D eigenvalue weighted by Crippen LogP contribution is 2.28.